The molecule has 5 nitrogen and oxygen atoms in total. The lowest BCUT2D eigenvalue weighted by molar-refractivity contribution is 0.0435. The van der Waals surface area contributed by atoms with Crippen LogP contribution in [0.4, 0.5) is 10.5 Å². The topological polar surface area (TPSA) is 55.8 Å². The lowest BCUT2D eigenvalue weighted by atomic mass is 9.96. The van der Waals surface area contributed by atoms with Crippen LogP contribution in [-0.2, 0) is 0 Å². The molecule has 0 aliphatic carbocycles. The Morgan fingerprint density at radius 3 is 2.77 bits per heavy atom. The number of urea groups is 1. The molecule has 0 aromatic heterocycles. The number of amides is 2. The van der Waals surface area contributed by atoms with Crippen molar-refractivity contribution in [1.29, 1.82) is 0 Å². The van der Waals surface area contributed by atoms with E-state index >= 15 is 0 Å². The van der Waals surface area contributed by atoms with E-state index < -0.39 is 6.10 Å². The fourth-order valence-corrected chi connectivity index (χ4v) is 2.63. The molecule has 1 aliphatic rings. The summed E-state index contributed by atoms with van der Waals surface area (Å²) in [5, 5.41) is 12.9. The molecule has 1 aliphatic heterocycles. The molecule has 1 aromatic rings. The number of hydrogen-bond acceptors (Lipinski definition) is 3. The summed E-state index contributed by atoms with van der Waals surface area (Å²) in [4.78, 5) is 16.1. The van der Waals surface area contributed by atoms with Gasteiger partial charge in [0.1, 0.15) is 0 Å². The minimum Gasteiger partial charge on any atom is -0.391 e. The van der Waals surface area contributed by atoms with Gasteiger partial charge in [-0.05, 0) is 31.4 Å². The Kier molecular flexibility index (Phi) is 5.66. The first-order chi connectivity index (χ1) is 10.5. The lowest BCUT2D eigenvalue weighted by Gasteiger charge is -2.35. The van der Waals surface area contributed by atoms with Gasteiger partial charge < -0.3 is 20.2 Å². The van der Waals surface area contributed by atoms with Crippen molar-refractivity contribution >= 4 is 11.7 Å². The smallest absolute Gasteiger partial charge is 0.317 e. The normalized spacial score (nSPS) is 23.0. The van der Waals surface area contributed by atoms with E-state index in [0.29, 0.717) is 19.6 Å². The van der Waals surface area contributed by atoms with Gasteiger partial charge in [0, 0.05) is 38.4 Å². The minimum atomic E-state index is -0.413. The predicted molar refractivity (Wildman–Crippen MR) is 89.1 cm³/mol. The summed E-state index contributed by atoms with van der Waals surface area (Å²) in [5.41, 5.74) is 1.13. The molecule has 3 atom stereocenters. The summed E-state index contributed by atoms with van der Waals surface area (Å²) in [6.45, 7) is 5.83. The number of β-amino-alcohol motifs (C(OH)–C–C–N with tert-alkyl or cyclic N) is 1. The van der Waals surface area contributed by atoms with Crippen molar-refractivity contribution in [1.82, 2.24) is 10.2 Å². The van der Waals surface area contributed by atoms with Gasteiger partial charge in [-0.1, -0.05) is 25.1 Å². The Balaban J connectivity index is 1.81. The first-order valence-corrected chi connectivity index (χ1v) is 7.97. The lowest BCUT2D eigenvalue weighted by Crippen LogP contribution is -2.51. The summed E-state index contributed by atoms with van der Waals surface area (Å²) in [5.74, 6) is 0.271. The van der Waals surface area contributed by atoms with E-state index in [4.69, 9.17) is 0 Å². The fourth-order valence-electron chi connectivity index (χ4n) is 2.63. The van der Waals surface area contributed by atoms with Crippen molar-refractivity contribution in [2.24, 2.45) is 5.92 Å². The number of para-hydroxylation sites is 1. The zero-order valence-electron chi connectivity index (χ0n) is 13.7. The Hall–Kier alpha value is -1.75. The minimum absolute atomic E-state index is 0.0840. The zero-order valence-corrected chi connectivity index (χ0v) is 13.7. The molecule has 2 amide bonds. The molecule has 0 spiro atoms. The number of aliphatic hydroxyl groups excluding tert-OH is 1. The van der Waals surface area contributed by atoms with Gasteiger partial charge in [-0.3, -0.25) is 0 Å². The van der Waals surface area contributed by atoms with Crippen molar-refractivity contribution < 1.29 is 9.90 Å². The summed E-state index contributed by atoms with van der Waals surface area (Å²) in [7, 11) is 2.03. The molecular formula is C17H27N3O2. The maximum atomic E-state index is 12.2. The van der Waals surface area contributed by atoms with Gasteiger partial charge in [0.25, 0.3) is 0 Å². The average Bonchev–Trinajstić information content (AvgIpc) is 2.54. The zero-order chi connectivity index (χ0) is 16.1. The molecule has 2 N–H and O–H groups in total. The van der Waals surface area contributed by atoms with Crippen LogP contribution < -0.4 is 10.2 Å². The number of likely N-dealkylation sites (N-methyl/N-ethyl adjacent to an activating group) is 1. The molecule has 22 heavy (non-hydrogen) atoms. The van der Waals surface area contributed by atoms with E-state index in [1.165, 1.54) is 0 Å². The van der Waals surface area contributed by atoms with Crippen LogP contribution in [0.2, 0.25) is 0 Å². The molecule has 1 aromatic carbocycles. The number of hydrogen-bond donors (Lipinski definition) is 2. The number of nitrogens with one attached hydrogen (secondary N) is 1. The van der Waals surface area contributed by atoms with E-state index in [0.717, 1.165) is 12.1 Å². The summed E-state index contributed by atoms with van der Waals surface area (Å²) in [6, 6.07) is 10.2. The summed E-state index contributed by atoms with van der Waals surface area (Å²) in [6.07, 6.45) is 0.442. The molecule has 1 fully saturated rings. The summed E-state index contributed by atoms with van der Waals surface area (Å²) < 4.78 is 0. The Morgan fingerprint density at radius 2 is 2.14 bits per heavy atom. The van der Waals surface area contributed by atoms with Gasteiger partial charge >= 0.3 is 6.03 Å². The number of benzene rings is 1. The molecule has 0 radical (unpaired) electrons. The van der Waals surface area contributed by atoms with E-state index in [9.17, 15) is 9.90 Å². The van der Waals surface area contributed by atoms with E-state index in [2.05, 4.69) is 29.3 Å². The number of piperidine rings is 1. The third-order valence-electron chi connectivity index (χ3n) is 4.58. The Bertz CT molecular complexity index is 480. The fraction of sp³-hybridized carbons (Fsp3) is 0.588. The van der Waals surface area contributed by atoms with Gasteiger partial charge in [-0.2, -0.15) is 0 Å². The predicted octanol–water partition coefficient (Wildman–Crippen LogP) is 1.92. The van der Waals surface area contributed by atoms with Crippen molar-refractivity contribution in [3.05, 3.63) is 30.3 Å². The molecule has 5 heteroatoms. The van der Waals surface area contributed by atoms with Crippen molar-refractivity contribution in [3.8, 4) is 0 Å². The van der Waals surface area contributed by atoms with Gasteiger partial charge in [0.05, 0.1) is 6.10 Å². The van der Waals surface area contributed by atoms with Crippen LogP contribution >= 0.6 is 0 Å². The number of carbonyl (C=O) groups excluding carboxylic acids is 1. The largest absolute Gasteiger partial charge is 0.391 e. The highest BCUT2D eigenvalue weighted by Gasteiger charge is 2.27. The molecule has 1 saturated heterocycles. The number of likely N-dealkylation sites (tertiary alicyclic amines) is 1. The van der Waals surface area contributed by atoms with Crippen LogP contribution in [0.25, 0.3) is 0 Å². The van der Waals surface area contributed by atoms with Crippen LogP contribution in [0, 0.1) is 5.92 Å². The molecule has 122 valence electrons. The first kappa shape index (κ1) is 16.6. The van der Waals surface area contributed by atoms with Gasteiger partial charge in [-0.25, -0.2) is 4.79 Å². The highest BCUT2D eigenvalue weighted by molar-refractivity contribution is 5.74. The van der Waals surface area contributed by atoms with Gasteiger partial charge in [0.2, 0.25) is 0 Å². The van der Waals surface area contributed by atoms with Crippen molar-refractivity contribution in [2.75, 3.05) is 31.6 Å². The van der Waals surface area contributed by atoms with Crippen LogP contribution in [0.1, 0.15) is 20.3 Å². The second-order valence-electron chi connectivity index (χ2n) is 6.26. The summed E-state index contributed by atoms with van der Waals surface area (Å²) >= 11 is 0. The Morgan fingerprint density at radius 1 is 1.45 bits per heavy atom. The number of anilines is 1. The number of rotatable bonds is 4. The maximum absolute atomic E-state index is 12.2. The maximum Gasteiger partial charge on any atom is 0.317 e. The van der Waals surface area contributed by atoms with Crippen LogP contribution in [0.5, 0.6) is 0 Å². The highest BCUT2D eigenvalue weighted by Crippen LogP contribution is 2.17. The standard InChI is InChI=1S/C17H27N3O2/c1-13-9-10-20(12-16(13)21)17(22)18-11-14(2)19(3)15-7-5-4-6-8-15/h4-8,13-14,16,21H,9-12H2,1-3H3,(H,18,22). The van der Waals surface area contributed by atoms with Gasteiger partial charge in [0.15, 0.2) is 0 Å². The SMILES string of the molecule is CC1CCN(C(=O)NCC(C)N(C)c2ccccc2)CC1O. The van der Waals surface area contributed by atoms with E-state index in [1.807, 2.05) is 32.2 Å². The second kappa shape index (κ2) is 7.49. The van der Waals surface area contributed by atoms with Crippen LogP contribution in [0.3, 0.4) is 0 Å². The molecule has 0 bridgehead atoms. The number of carbonyl (C=O) groups is 1. The average molecular weight is 305 g/mol. The third-order valence-corrected chi connectivity index (χ3v) is 4.58. The molecule has 1 heterocycles. The van der Waals surface area contributed by atoms with E-state index in [1.54, 1.807) is 4.90 Å². The van der Waals surface area contributed by atoms with E-state index in [-0.39, 0.29) is 18.0 Å². The first-order valence-electron chi connectivity index (χ1n) is 7.97. The third kappa shape index (κ3) is 4.13. The Labute approximate surface area is 132 Å². The molecular weight excluding hydrogens is 278 g/mol. The highest BCUT2D eigenvalue weighted by atomic mass is 16.3. The molecule has 2 rings (SSSR count). The number of nitrogens with zero attached hydrogens (tertiary/aromatic N) is 2. The monoisotopic (exact) mass is 305 g/mol. The van der Waals surface area contributed by atoms with Crippen LogP contribution in [0.15, 0.2) is 30.3 Å². The second-order valence-corrected chi connectivity index (χ2v) is 6.26. The quantitative estimate of drug-likeness (QED) is 0.893. The molecule has 3 unspecified atom stereocenters. The number of aliphatic hydroxyl groups is 1. The molecule has 0 saturated carbocycles. The van der Waals surface area contributed by atoms with Crippen molar-refractivity contribution in [2.45, 2.75) is 32.4 Å². The van der Waals surface area contributed by atoms with Crippen molar-refractivity contribution in [3.63, 3.8) is 0 Å². The van der Waals surface area contributed by atoms with Crippen LogP contribution in [-0.4, -0.2) is 54.9 Å². The van der Waals surface area contributed by atoms with Gasteiger partial charge in [-0.15, -0.1) is 0 Å².